The molecule has 2 aromatic rings. The molecule has 0 unspecified atom stereocenters. The molecule has 1 N–H and O–H groups in total. The van der Waals surface area contributed by atoms with E-state index in [1.54, 1.807) is 6.26 Å². The van der Waals surface area contributed by atoms with Crippen molar-refractivity contribution in [3.63, 3.8) is 0 Å². The first-order valence-corrected chi connectivity index (χ1v) is 7.57. The van der Waals surface area contributed by atoms with Crippen molar-refractivity contribution in [3.8, 4) is 5.75 Å². The average Bonchev–Trinajstić information content (AvgIpc) is 2.89. The Kier molecular flexibility index (Phi) is 5.45. The Morgan fingerprint density at radius 3 is 2.71 bits per heavy atom. The first-order valence-electron chi connectivity index (χ1n) is 7.57. The summed E-state index contributed by atoms with van der Waals surface area (Å²) in [4.78, 5) is 0. The fourth-order valence-corrected chi connectivity index (χ4v) is 2.30. The van der Waals surface area contributed by atoms with Crippen LogP contribution in [-0.2, 0) is 13.2 Å². The Bertz CT molecular complexity index is 587. The number of nitrogens with one attached hydrogen (secondary N) is 1. The molecule has 3 nitrogen and oxygen atoms in total. The molecule has 0 bridgehead atoms. The van der Waals surface area contributed by atoms with Crippen molar-refractivity contribution in [2.75, 3.05) is 6.54 Å². The number of furan rings is 1. The molecule has 0 fully saturated rings. The minimum Gasteiger partial charge on any atom is -0.485 e. The van der Waals surface area contributed by atoms with Crippen LogP contribution in [0.4, 0.5) is 0 Å². The van der Waals surface area contributed by atoms with Crippen molar-refractivity contribution in [2.45, 2.75) is 47.3 Å². The highest BCUT2D eigenvalue weighted by Crippen LogP contribution is 2.24. The highest BCUT2D eigenvalue weighted by molar-refractivity contribution is 5.42. The Balaban J connectivity index is 1.94. The van der Waals surface area contributed by atoms with E-state index in [4.69, 9.17) is 9.15 Å². The van der Waals surface area contributed by atoms with Gasteiger partial charge >= 0.3 is 0 Å². The molecule has 114 valence electrons. The number of benzene rings is 1. The molecule has 0 aliphatic rings. The van der Waals surface area contributed by atoms with E-state index in [0.29, 0.717) is 6.61 Å². The lowest BCUT2D eigenvalue weighted by Gasteiger charge is -2.11. The largest absolute Gasteiger partial charge is 0.485 e. The smallest absolute Gasteiger partial charge is 0.146 e. The van der Waals surface area contributed by atoms with Crippen LogP contribution >= 0.6 is 0 Å². The zero-order valence-corrected chi connectivity index (χ0v) is 13.5. The molecule has 3 heteroatoms. The van der Waals surface area contributed by atoms with Crippen LogP contribution in [0, 0.1) is 20.8 Å². The molecule has 0 amide bonds. The van der Waals surface area contributed by atoms with E-state index in [9.17, 15) is 0 Å². The summed E-state index contributed by atoms with van der Waals surface area (Å²) in [6.45, 7) is 10.8. The van der Waals surface area contributed by atoms with Gasteiger partial charge in [-0.1, -0.05) is 13.0 Å². The highest BCUT2D eigenvalue weighted by atomic mass is 16.5. The number of ether oxygens (including phenoxy) is 1. The fourth-order valence-electron chi connectivity index (χ4n) is 2.30. The van der Waals surface area contributed by atoms with Crippen LogP contribution in [0.15, 0.2) is 28.9 Å². The molecule has 0 saturated carbocycles. The number of aryl methyl sites for hydroxylation is 2. The van der Waals surface area contributed by atoms with Crippen molar-refractivity contribution in [2.24, 2.45) is 0 Å². The van der Waals surface area contributed by atoms with E-state index < -0.39 is 0 Å². The van der Waals surface area contributed by atoms with Gasteiger partial charge in [-0.25, -0.2) is 0 Å². The van der Waals surface area contributed by atoms with Gasteiger partial charge in [-0.05, 0) is 62.6 Å². The number of hydrogen-bond acceptors (Lipinski definition) is 3. The maximum atomic E-state index is 5.91. The van der Waals surface area contributed by atoms with Crippen LogP contribution in [0.3, 0.4) is 0 Å². The highest BCUT2D eigenvalue weighted by Gasteiger charge is 2.07. The Hall–Kier alpha value is -1.74. The number of rotatable bonds is 7. The SMILES string of the molecule is CCCNCc1coc(COc2cc(C)cc(C)c2C)c1. The van der Waals surface area contributed by atoms with Crippen LogP contribution in [0.25, 0.3) is 0 Å². The molecule has 1 aromatic heterocycles. The molecule has 21 heavy (non-hydrogen) atoms. The quantitative estimate of drug-likeness (QED) is 0.772. The zero-order chi connectivity index (χ0) is 15.2. The van der Waals surface area contributed by atoms with Crippen molar-refractivity contribution in [1.82, 2.24) is 5.32 Å². The summed E-state index contributed by atoms with van der Waals surface area (Å²) in [6, 6.07) is 6.31. The first kappa shape index (κ1) is 15.6. The molecule has 0 spiro atoms. The summed E-state index contributed by atoms with van der Waals surface area (Å²) in [7, 11) is 0. The van der Waals surface area contributed by atoms with Crippen LogP contribution < -0.4 is 10.1 Å². The van der Waals surface area contributed by atoms with Gasteiger partial charge in [0.05, 0.1) is 6.26 Å². The molecule has 0 radical (unpaired) electrons. The molecule has 0 saturated heterocycles. The second-order valence-corrected chi connectivity index (χ2v) is 5.59. The van der Waals surface area contributed by atoms with Gasteiger partial charge in [0, 0.05) is 12.1 Å². The molecule has 1 heterocycles. The topological polar surface area (TPSA) is 34.4 Å². The van der Waals surface area contributed by atoms with E-state index in [-0.39, 0.29) is 0 Å². The fraction of sp³-hybridized carbons (Fsp3) is 0.444. The monoisotopic (exact) mass is 287 g/mol. The summed E-state index contributed by atoms with van der Waals surface area (Å²) in [5.41, 5.74) is 4.84. The van der Waals surface area contributed by atoms with Gasteiger partial charge in [-0.2, -0.15) is 0 Å². The second-order valence-electron chi connectivity index (χ2n) is 5.59. The zero-order valence-electron chi connectivity index (χ0n) is 13.5. The average molecular weight is 287 g/mol. The third-order valence-electron chi connectivity index (χ3n) is 3.60. The van der Waals surface area contributed by atoms with Gasteiger partial charge in [0.25, 0.3) is 0 Å². The van der Waals surface area contributed by atoms with Gasteiger partial charge in [0.1, 0.15) is 18.1 Å². The Morgan fingerprint density at radius 2 is 1.95 bits per heavy atom. The van der Waals surface area contributed by atoms with Gasteiger partial charge in [-0.3, -0.25) is 0 Å². The summed E-state index contributed by atoms with van der Waals surface area (Å²) in [5.74, 6) is 1.80. The van der Waals surface area contributed by atoms with Crippen molar-refractivity contribution in [3.05, 3.63) is 52.5 Å². The predicted octanol–water partition coefficient (Wildman–Crippen LogP) is 4.28. The summed E-state index contributed by atoms with van der Waals surface area (Å²) < 4.78 is 11.5. The van der Waals surface area contributed by atoms with Gasteiger partial charge in [-0.15, -0.1) is 0 Å². The third-order valence-corrected chi connectivity index (χ3v) is 3.60. The molecule has 0 atom stereocenters. The standard InChI is InChI=1S/C18H25NO2/c1-5-6-19-10-16-9-17(20-11-16)12-21-18-8-13(2)7-14(3)15(18)4/h7-9,11,19H,5-6,10,12H2,1-4H3. The van der Waals surface area contributed by atoms with E-state index in [1.807, 2.05) is 0 Å². The maximum absolute atomic E-state index is 5.91. The summed E-state index contributed by atoms with van der Waals surface area (Å²) >= 11 is 0. The second kappa shape index (κ2) is 7.32. The van der Waals surface area contributed by atoms with Crippen molar-refractivity contribution >= 4 is 0 Å². The molecule has 2 rings (SSSR count). The normalized spacial score (nSPS) is 10.9. The van der Waals surface area contributed by atoms with Gasteiger partial charge in [0.15, 0.2) is 0 Å². The van der Waals surface area contributed by atoms with Crippen LogP contribution in [0.1, 0.15) is 41.4 Å². The van der Waals surface area contributed by atoms with E-state index >= 15 is 0 Å². The predicted molar refractivity (Wildman–Crippen MR) is 85.7 cm³/mol. The van der Waals surface area contributed by atoms with Crippen LogP contribution in [0.5, 0.6) is 5.75 Å². The lowest BCUT2D eigenvalue weighted by atomic mass is 10.1. The lowest BCUT2D eigenvalue weighted by molar-refractivity contribution is 0.268. The van der Waals surface area contributed by atoms with Crippen LogP contribution in [0.2, 0.25) is 0 Å². The van der Waals surface area contributed by atoms with E-state index in [2.05, 4.69) is 51.2 Å². The molecule has 0 aliphatic carbocycles. The van der Waals surface area contributed by atoms with E-state index in [0.717, 1.165) is 31.0 Å². The number of hydrogen-bond donors (Lipinski definition) is 1. The molecular weight excluding hydrogens is 262 g/mol. The minimum absolute atomic E-state index is 0.470. The lowest BCUT2D eigenvalue weighted by Crippen LogP contribution is -2.13. The van der Waals surface area contributed by atoms with Crippen LogP contribution in [-0.4, -0.2) is 6.54 Å². The minimum atomic E-state index is 0.470. The molecular formula is C18H25NO2. The molecule has 1 aromatic carbocycles. The summed E-state index contributed by atoms with van der Waals surface area (Å²) in [5, 5.41) is 3.36. The first-order chi connectivity index (χ1) is 10.1. The van der Waals surface area contributed by atoms with Gasteiger partial charge in [0.2, 0.25) is 0 Å². The summed E-state index contributed by atoms with van der Waals surface area (Å²) in [6.07, 6.45) is 2.94. The Morgan fingerprint density at radius 1 is 1.14 bits per heavy atom. The van der Waals surface area contributed by atoms with Gasteiger partial charge < -0.3 is 14.5 Å². The Labute approximate surface area is 127 Å². The maximum Gasteiger partial charge on any atom is 0.146 e. The molecule has 0 aliphatic heterocycles. The van der Waals surface area contributed by atoms with Crippen molar-refractivity contribution in [1.29, 1.82) is 0 Å². The van der Waals surface area contributed by atoms with Crippen molar-refractivity contribution < 1.29 is 9.15 Å². The third kappa shape index (κ3) is 4.36. The van der Waals surface area contributed by atoms with E-state index in [1.165, 1.54) is 22.3 Å².